The smallest absolute Gasteiger partial charge is 0.167 e. The topological polar surface area (TPSA) is 55.8 Å². The zero-order valence-corrected chi connectivity index (χ0v) is 19.5. The lowest BCUT2D eigenvalue weighted by Gasteiger charge is -2.46. The molecule has 0 bridgehead atoms. The molecule has 0 aliphatic carbocycles. The second-order valence-corrected chi connectivity index (χ2v) is 8.75. The number of hydrogen-bond acceptors (Lipinski definition) is 4. The second kappa shape index (κ2) is 10.2. The highest BCUT2D eigenvalue weighted by atomic mass is 16.5. The molecule has 32 heavy (non-hydrogen) atoms. The molecule has 3 unspecified atom stereocenters. The Hall–Kier alpha value is -2.89. The molecule has 0 aromatic heterocycles. The summed E-state index contributed by atoms with van der Waals surface area (Å²) in [5.74, 6) is 0.992. The van der Waals surface area contributed by atoms with Gasteiger partial charge < -0.3 is 19.1 Å². The Morgan fingerprint density at radius 2 is 1.56 bits per heavy atom. The molecular formula is C27H34NO4+. The standard InChI is InChI=1S/C27H34NO4/c1-5-28(2)19-18-27(30,17-16-22-8-13-24(32-4)14-9-22)25(20-28)26(29)15-10-21-6-11-23(31-3)12-7-21/h6-17,25,30H,5,18-20H2,1-4H3/q+1. The van der Waals surface area contributed by atoms with Crippen molar-refractivity contribution in [3.63, 3.8) is 0 Å². The number of carbonyl (C=O) groups excluding carboxylic acids is 1. The van der Waals surface area contributed by atoms with Crippen LogP contribution in [0.2, 0.25) is 0 Å². The van der Waals surface area contributed by atoms with Crippen LogP contribution in [0.15, 0.2) is 60.7 Å². The van der Waals surface area contributed by atoms with Gasteiger partial charge in [0.25, 0.3) is 0 Å². The number of allylic oxidation sites excluding steroid dienone is 1. The summed E-state index contributed by atoms with van der Waals surface area (Å²) in [4.78, 5) is 13.3. The second-order valence-electron chi connectivity index (χ2n) is 8.75. The first-order valence-corrected chi connectivity index (χ1v) is 11.1. The zero-order chi connectivity index (χ0) is 23.2. The number of ketones is 1. The summed E-state index contributed by atoms with van der Waals surface area (Å²) in [7, 11) is 5.41. The SMILES string of the molecule is CC[N+]1(C)CCC(O)(C=Cc2ccc(OC)cc2)C(C(=O)C=Cc2ccc(OC)cc2)C1. The molecule has 5 nitrogen and oxygen atoms in total. The third-order valence-corrected chi connectivity index (χ3v) is 6.62. The predicted molar refractivity (Wildman–Crippen MR) is 129 cm³/mol. The molecule has 1 saturated heterocycles. The fourth-order valence-electron chi connectivity index (χ4n) is 4.10. The summed E-state index contributed by atoms with van der Waals surface area (Å²) in [6, 6.07) is 15.2. The molecule has 1 aliphatic rings. The van der Waals surface area contributed by atoms with Crippen molar-refractivity contribution in [3.8, 4) is 11.5 Å². The van der Waals surface area contributed by atoms with Crippen molar-refractivity contribution < 1.29 is 23.9 Å². The van der Waals surface area contributed by atoms with Gasteiger partial charge in [-0.1, -0.05) is 42.5 Å². The molecule has 2 aromatic rings. The van der Waals surface area contributed by atoms with Crippen molar-refractivity contribution >= 4 is 17.9 Å². The van der Waals surface area contributed by atoms with Gasteiger partial charge in [-0.15, -0.1) is 0 Å². The molecule has 3 rings (SSSR count). The summed E-state index contributed by atoms with van der Waals surface area (Å²) in [6.07, 6.45) is 7.65. The Labute approximate surface area is 191 Å². The van der Waals surface area contributed by atoms with Gasteiger partial charge in [0, 0.05) is 6.42 Å². The number of hydrogen-bond donors (Lipinski definition) is 1. The summed E-state index contributed by atoms with van der Waals surface area (Å²) in [6.45, 7) is 4.48. The number of piperidine rings is 1. The molecule has 1 heterocycles. The minimum absolute atomic E-state index is 0.0554. The van der Waals surface area contributed by atoms with Crippen LogP contribution in [0.3, 0.4) is 0 Å². The van der Waals surface area contributed by atoms with Crippen molar-refractivity contribution in [2.45, 2.75) is 18.9 Å². The number of ether oxygens (including phenoxy) is 2. The number of nitrogens with zero attached hydrogens (tertiary/aromatic N) is 1. The van der Waals surface area contributed by atoms with Crippen LogP contribution in [0, 0.1) is 5.92 Å². The maximum Gasteiger partial charge on any atom is 0.167 e. The van der Waals surface area contributed by atoms with Crippen LogP contribution >= 0.6 is 0 Å². The maximum absolute atomic E-state index is 13.3. The predicted octanol–water partition coefficient (Wildman–Crippen LogP) is 4.22. The van der Waals surface area contributed by atoms with E-state index in [1.54, 1.807) is 32.4 Å². The Kier molecular flexibility index (Phi) is 7.54. The highest BCUT2D eigenvalue weighted by molar-refractivity contribution is 5.96. The molecule has 1 aliphatic heterocycles. The fraction of sp³-hybridized carbons (Fsp3) is 0.370. The van der Waals surface area contributed by atoms with Crippen LogP contribution in [0.25, 0.3) is 12.2 Å². The largest absolute Gasteiger partial charge is 0.497 e. The van der Waals surface area contributed by atoms with Gasteiger partial charge in [0.2, 0.25) is 0 Å². The van der Waals surface area contributed by atoms with Gasteiger partial charge in [-0.2, -0.15) is 0 Å². The molecule has 0 amide bonds. The third kappa shape index (κ3) is 5.67. The van der Waals surface area contributed by atoms with E-state index in [9.17, 15) is 9.90 Å². The first-order valence-electron chi connectivity index (χ1n) is 11.1. The van der Waals surface area contributed by atoms with E-state index in [4.69, 9.17) is 9.47 Å². The van der Waals surface area contributed by atoms with Gasteiger partial charge in [-0.3, -0.25) is 4.79 Å². The van der Waals surface area contributed by atoms with Crippen LogP contribution in [0.1, 0.15) is 24.5 Å². The average Bonchev–Trinajstić information content (AvgIpc) is 2.83. The van der Waals surface area contributed by atoms with Crippen LogP contribution in [0.5, 0.6) is 11.5 Å². The lowest BCUT2D eigenvalue weighted by atomic mass is 9.76. The Morgan fingerprint density at radius 3 is 2.06 bits per heavy atom. The zero-order valence-electron chi connectivity index (χ0n) is 19.5. The summed E-state index contributed by atoms with van der Waals surface area (Å²) in [5.41, 5.74) is 0.686. The average molecular weight is 437 g/mol. The molecule has 3 atom stereocenters. The Bertz CT molecular complexity index is 964. The van der Waals surface area contributed by atoms with Gasteiger partial charge in [0.15, 0.2) is 5.78 Å². The number of rotatable bonds is 8. The fourth-order valence-corrected chi connectivity index (χ4v) is 4.10. The first-order chi connectivity index (χ1) is 15.3. The van der Waals surface area contributed by atoms with E-state index < -0.39 is 11.5 Å². The molecule has 170 valence electrons. The third-order valence-electron chi connectivity index (χ3n) is 6.62. The summed E-state index contributed by atoms with van der Waals surface area (Å²) < 4.78 is 11.2. The quantitative estimate of drug-likeness (QED) is 0.497. The van der Waals surface area contributed by atoms with E-state index in [0.29, 0.717) is 13.0 Å². The van der Waals surface area contributed by atoms with E-state index in [0.717, 1.165) is 40.2 Å². The maximum atomic E-state index is 13.3. The monoisotopic (exact) mass is 436 g/mol. The molecule has 0 radical (unpaired) electrons. The number of likely N-dealkylation sites (tertiary alicyclic amines) is 1. The molecule has 2 aromatic carbocycles. The Morgan fingerprint density at radius 1 is 1.03 bits per heavy atom. The van der Waals surface area contributed by atoms with E-state index >= 15 is 0 Å². The van der Waals surface area contributed by atoms with E-state index in [1.807, 2.05) is 54.6 Å². The first kappa shape index (κ1) is 23.8. The molecular weight excluding hydrogens is 402 g/mol. The normalized spacial score (nSPS) is 25.8. The van der Waals surface area contributed by atoms with Crippen LogP contribution < -0.4 is 9.47 Å². The van der Waals surface area contributed by atoms with Gasteiger partial charge in [0.05, 0.1) is 40.9 Å². The lowest BCUT2D eigenvalue weighted by Crippen LogP contribution is -2.61. The van der Waals surface area contributed by atoms with Gasteiger partial charge >= 0.3 is 0 Å². The number of carbonyl (C=O) groups is 1. The molecule has 1 N–H and O–H groups in total. The van der Waals surface area contributed by atoms with Crippen molar-refractivity contribution in [2.75, 3.05) is 40.9 Å². The van der Waals surface area contributed by atoms with E-state index in [-0.39, 0.29) is 5.78 Å². The highest BCUT2D eigenvalue weighted by Crippen LogP contribution is 2.34. The van der Waals surface area contributed by atoms with Crippen LogP contribution in [-0.4, -0.2) is 61.9 Å². The van der Waals surface area contributed by atoms with Crippen molar-refractivity contribution in [1.29, 1.82) is 0 Å². The number of aliphatic hydroxyl groups is 1. The minimum atomic E-state index is -1.19. The minimum Gasteiger partial charge on any atom is -0.497 e. The van der Waals surface area contributed by atoms with Crippen LogP contribution in [0.4, 0.5) is 0 Å². The van der Waals surface area contributed by atoms with Gasteiger partial charge in [-0.05, 0) is 48.4 Å². The number of methoxy groups -OCH3 is 2. The molecule has 0 saturated carbocycles. The van der Waals surface area contributed by atoms with Gasteiger partial charge in [0.1, 0.15) is 23.0 Å². The number of benzene rings is 2. The Balaban J connectivity index is 1.83. The van der Waals surface area contributed by atoms with E-state index in [1.165, 1.54) is 0 Å². The summed E-state index contributed by atoms with van der Waals surface area (Å²) in [5, 5.41) is 11.6. The lowest BCUT2D eigenvalue weighted by molar-refractivity contribution is -0.916. The molecule has 1 fully saturated rings. The van der Waals surface area contributed by atoms with Crippen molar-refractivity contribution in [1.82, 2.24) is 0 Å². The highest BCUT2D eigenvalue weighted by Gasteiger charge is 2.48. The van der Waals surface area contributed by atoms with Gasteiger partial charge in [-0.25, -0.2) is 0 Å². The van der Waals surface area contributed by atoms with E-state index in [2.05, 4.69) is 14.0 Å². The van der Waals surface area contributed by atoms with Crippen LogP contribution in [-0.2, 0) is 4.79 Å². The molecule has 5 heteroatoms. The van der Waals surface area contributed by atoms with Crippen molar-refractivity contribution in [2.24, 2.45) is 5.92 Å². The molecule has 0 spiro atoms. The number of quaternary nitrogens is 1. The summed E-state index contributed by atoms with van der Waals surface area (Å²) >= 11 is 0. The van der Waals surface area contributed by atoms with Crippen molar-refractivity contribution in [3.05, 3.63) is 71.8 Å².